The first-order valence-corrected chi connectivity index (χ1v) is 11.0. The Balaban J connectivity index is 0.000000569. The maximum Gasteiger partial charge on any atom is 0.414 e. The van der Waals surface area contributed by atoms with E-state index in [1.165, 1.54) is 23.4 Å². The largest absolute Gasteiger partial charge is 0.473 e. The lowest BCUT2D eigenvalue weighted by Gasteiger charge is -2.34. The lowest BCUT2D eigenvalue weighted by Crippen LogP contribution is -2.50. The van der Waals surface area contributed by atoms with Crippen molar-refractivity contribution in [1.82, 2.24) is 14.2 Å². The number of carboxylic acids is 2. The van der Waals surface area contributed by atoms with Crippen LogP contribution in [0.3, 0.4) is 0 Å². The number of nitrogens with one attached hydrogen (secondary N) is 1. The topological polar surface area (TPSA) is 174 Å². The van der Waals surface area contributed by atoms with Crippen LogP contribution in [0.1, 0.15) is 17.3 Å². The lowest BCUT2D eigenvalue weighted by molar-refractivity contribution is -0.159. The summed E-state index contributed by atoms with van der Waals surface area (Å²) in [6.07, 6.45) is 3.11. The quantitative estimate of drug-likeness (QED) is 0.523. The van der Waals surface area contributed by atoms with Crippen molar-refractivity contribution < 1.29 is 37.8 Å². The highest BCUT2D eigenvalue weighted by atomic mass is 32.2. The van der Waals surface area contributed by atoms with Gasteiger partial charge in [0.15, 0.2) is 0 Å². The summed E-state index contributed by atoms with van der Waals surface area (Å²) in [6.45, 7) is 2.49. The van der Waals surface area contributed by atoms with Crippen LogP contribution in [0.5, 0.6) is 0 Å². The molecule has 1 aromatic heterocycles. The molecule has 1 aliphatic rings. The van der Waals surface area contributed by atoms with Gasteiger partial charge >= 0.3 is 11.9 Å². The number of aliphatic carboxylic acids is 2. The molecule has 2 aromatic rings. The van der Waals surface area contributed by atoms with Crippen LogP contribution in [-0.4, -0.2) is 82.8 Å². The van der Waals surface area contributed by atoms with Crippen LogP contribution >= 0.6 is 0 Å². The van der Waals surface area contributed by atoms with Crippen LogP contribution < -0.4 is 5.32 Å². The van der Waals surface area contributed by atoms with E-state index in [2.05, 4.69) is 10.3 Å². The highest BCUT2D eigenvalue weighted by Gasteiger charge is 2.30. The second kappa shape index (κ2) is 11.2. The Morgan fingerprint density at radius 1 is 0.879 bits per heavy atom. The van der Waals surface area contributed by atoms with Gasteiger partial charge in [-0.25, -0.2) is 18.0 Å². The fraction of sp³-hybridized carbons (Fsp3) is 0.250. The Morgan fingerprint density at radius 3 is 1.85 bits per heavy atom. The summed E-state index contributed by atoms with van der Waals surface area (Å²) < 4.78 is 27.0. The van der Waals surface area contributed by atoms with E-state index in [0.29, 0.717) is 24.3 Å². The number of aromatic nitrogens is 1. The maximum atomic E-state index is 12.8. The third-order valence-corrected chi connectivity index (χ3v) is 6.36. The van der Waals surface area contributed by atoms with Gasteiger partial charge in [0.05, 0.1) is 4.90 Å². The minimum absolute atomic E-state index is 0.130. The number of hydrogen-bond acceptors (Lipinski definition) is 7. The van der Waals surface area contributed by atoms with E-state index in [-0.39, 0.29) is 29.8 Å². The average Bonchev–Trinajstić information content (AvgIpc) is 2.79. The fourth-order valence-corrected chi connectivity index (χ4v) is 4.29. The number of carboxylic acid groups (broad SMARTS) is 2. The van der Waals surface area contributed by atoms with E-state index in [1.807, 2.05) is 0 Å². The van der Waals surface area contributed by atoms with Gasteiger partial charge in [-0.2, -0.15) is 4.31 Å². The Bertz CT molecular complexity index is 1100. The zero-order valence-electron chi connectivity index (χ0n) is 17.5. The maximum absolute atomic E-state index is 12.8. The number of benzene rings is 1. The van der Waals surface area contributed by atoms with Crippen molar-refractivity contribution in [2.45, 2.75) is 11.8 Å². The summed E-state index contributed by atoms with van der Waals surface area (Å²) in [5.74, 6) is -4.00. The molecule has 0 bridgehead atoms. The monoisotopic (exact) mass is 478 g/mol. The third-order valence-electron chi connectivity index (χ3n) is 4.45. The number of rotatable bonds is 4. The molecule has 0 aliphatic carbocycles. The molecule has 0 spiro atoms. The molecule has 2 amide bonds. The van der Waals surface area contributed by atoms with E-state index >= 15 is 0 Å². The zero-order chi connectivity index (χ0) is 24.6. The summed E-state index contributed by atoms with van der Waals surface area (Å²) in [6, 6.07) is 9.32. The van der Waals surface area contributed by atoms with Crippen LogP contribution in [0, 0.1) is 0 Å². The highest BCUT2D eigenvalue weighted by molar-refractivity contribution is 7.89. The van der Waals surface area contributed by atoms with E-state index in [9.17, 15) is 18.0 Å². The standard InChI is InChI=1S/C18H20N4O4S.C2H2O4/c1-14(23)20-16-2-4-17(5-3-16)27(25,26)22-12-10-21(11-13-22)18(24)15-6-8-19-9-7-15;3-1(4)2(5)6/h2-9H,10-13H2,1H3,(H,20,23);(H,3,4)(H,5,6). The molecule has 176 valence electrons. The van der Waals surface area contributed by atoms with Crippen molar-refractivity contribution in [3.05, 3.63) is 54.4 Å². The molecule has 13 heteroatoms. The normalized spacial score (nSPS) is 13.9. The van der Waals surface area contributed by atoms with Gasteiger partial charge in [0, 0.05) is 56.7 Å². The van der Waals surface area contributed by atoms with Crippen LogP contribution in [0.25, 0.3) is 0 Å². The molecular formula is C20H22N4O8S. The predicted molar refractivity (Wildman–Crippen MR) is 115 cm³/mol. The molecule has 0 radical (unpaired) electrons. The van der Waals surface area contributed by atoms with Crippen molar-refractivity contribution >= 4 is 39.5 Å². The van der Waals surface area contributed by atoms with E-state index in [1.54, 1.807) is 41.6 Å². The van der Waals surface area contributed by atoms with Crippen molar-refractivity contribution in [3.8, 4) is 0 Å². The Morgan fingerprint density at radius 2 is 1.39 bits per heavy atom. The number of nitrogens with zero attached hydrogens (tertiary/aromatic N) is 3. The SMILES string of the molecule is CC(=O)Nc1ccc(S(=O)(=O)N2CCN(C(=O)c3ccncc3)CC2)cc1.O=C(O)C(=O)O. The van der Waals surface area contributed by atoms with Crippen LogP contribution in [0.15, 0.2) is 53.7 Å². The number of carbonyl (C=O) groups excluding carboxylic acids is 2. The van der Waals surface area contributed by atoms with E-state index < -0.39 is 22.0 Å². The predicted octanol–water partition coefficient (Wildman–Crippen LogP) is 0.342. The number of pyridine rings is 1. The molecule has 1 aromatic carbocycles. The molecule has 0 unspecified atom stereocenters. The Hall–Kier alpha value is -3.84. The number of hydrogen-bond donors (Lipinski definition) is 3. The molecule has 1 saturated heterocycles. The van der Waals surface area contributed by atoms with Crippen molar-refractivity contribution in [2.75, 3.05) is 31.5 Å². The van der Waals surface area contributed by atoms with Crippen LogP contribution in [-0.2, 0) is 24.4 Å². The van der Waals surface area contributed by atoms with Crippen molar-refractivity contribution in [2.24, 2.45) is 0 Å². The van der Waals surface area contributed by atoms with Crippen molar-refractivity contribution in [3.63, 3.8) is 0 Å². The first-order chi connectivity index (χ1) is 15.5. The van der Waals surface area contributed by atoms with Crippen LogP contribution in [0.2, 0.25) is 0 Å². The van der Waals surface area contributed by atoms with Gasteiger partial charge in [-0.05, 0) is 36.4 Å². The lowest BCUT2D eigenvalue weighted by atomic mass is 10.2. The summed E-state index contributed by atoms with van der Waals surface area (Å²) in [7, 11) is -3.65. The number of carbonyl (C=O) groups is 4. The van der Waals surface area contributed by atoms with Gasteiger partial charge in [0.1, 0.15) is 0 Å². The van der Waals surface area contributed by atoms with Gasteiger partial charge in [-0.3, -0.25) is 14.6 Å². The minimum atomic E-state index is -3.65. The van der Waals surface area contributed by atoms with Gasteiger partial charge in [0.2, 0.25) is 15.9 Å². The molecule has 3 rings (SSSR count). The second-order valence-corrected chi connectivity index (χ2v) is 8.69. The molecule has 1 fully saturated rings. The van der Waals surface area contributed by atoms with Crippen LogP contribution in [0.4, 0.5) is 5.69 Å². The molecule has 2 heterocycles. The van der Waals surface area contributed by atoms with Gasteiger partial charge in [-0.15, -0.1) is 0 Å². The molecule has 12 nitrogen and oxygen atoms in total. The first-order valence-electron chi connectivity index (χ1n) is 9.55. The highest BCUT2D eigenvalue weighted by Crippen LogP contribution is 2.20. The van der Waals surface area contributed by atoms with Gasteiger partial charge in [-0.1, -0.05) is 0 Å². The smallest absolute Gasteiger partial charge is 0.414 e. The molecular weight excluding hydrogens is 456 g/mol. The number of piperazine rings is 1. The average molecular weight is 478 g/mol. The van der Waals surface area contributed by atoms with Gasteiger partial charge in [0.25, 0.3) is 5.91 Å². The molecule has 1 aliphatic heterocycles. The summed E-state index contributed by atoms with van der Waals surface area (Å²) in [4.78, 5) is 47.4. The number of amides is 2. The minimum Gasteiger partial charge on any atom is -0.473 e. The van der Waals surface area contributed by atoms with Gasteiger partial charge < -0.3 is 20.4 Å². The number of sulfonamides is 1. The number of anilines is 1. The summed E-state index contributed by atoms with van der Waals surface area (Å²) in [5.41, 5.74) is 1.07. The molecule has 3 N–H and O–H groups in total. The third kappa shape index (κ3) is 7.08. The van der Waals surface area contributed by atoms with E-state index in [4.69, 9.17) is 19.8 Å². The molecule has 33 heavy (non-hydrogen) atoms. The molecule has 0 atom stereocenters. The summed E-state index contributed by atoms with van der Waals surface area (Å²) in [5, 5.41) is 17.4. The molecule has 0 saturated carbocycles. The van der Waals surface area contributed by atoms with E-state index in [0.717, 1.165) is 0 Å². The Labute approximate surface area is 189 Å². The van der Waals surface area contributed by atoms with Crippen molar-refractivity contribution in [1.29, 1.82) is 0 Å². The first kappa shape index (κ1) is 25.4. The second-order valence-electron chi connectivity index (χ2n) is 6.75. The zero-order valence-corrected chi connectivity index (χ0v) is 18.4. The summed E-state index contributed by atoms with van der Waals surface area (Å²) >= 11 is 0. The fourth-order valence-electron chi connectivity index (χ4n) is 2.87. The Kier molecular flexibility index (Phi) is 8.59.